The lowest BCUT2D eigenvalue weighted by Gasteiger charge is -1.98. The van der Waals surface area contributed by atoms with Crippen molar-refractivity contribution in [1.29, 1.82) is 5.41 Å². The molecule has 13 heavy (non-hydrogen) atoms. The first-order valence-electron chi connectivity index (χ1n) is 3.25. The van der Waals surface area contributed by atoms with Gasteiger partial charge in [-0.15, -0.1) is 0 Å². The van der Waals surface area contributed by atoms with Crippen molar-refractivity contribution in [3.63, 3.8) is 0 Å². The van der Waals surface area contributed by atoms with E-state index in [9.17, 15) is 9.59 Å². The highest BCUT2D eigenvalue weighted by Gasteiger charge is 2.10. The van der Waals surface area contributed by atoms with E-state index in [2.05, 4.69) is 9.47 Å². The second-order valence-electron chi connectivity index (χ2n) is 2.00. The van der Waals surface area contributed by atoms with Crippen LogP contribution in [0.2, 0.25) is 0 Å². The van der Waals surface area contributed by atoms with E-state index in [-0.39, 0.29) is 5.70 Å². The summed E-state index contributed by atoms with van der Waals surface area (Å²) in [5, 5.41) is 7.05. The van der Waals surface area contributed by atoms with Crippen molar-refractivity contribution in [2.45, 2.75) is 0 Å². The Hall–Kier alpha value is -1.85. The molecule has 0 aliphatic rings. The van der Waals surface area contributed by atoms with Gasteiger partial charge in [-0.1, -0.05) is 0 Å². The summed E-state index contributed by atoms with van der Waals surface area (Å²) < 4.78 is 8.46. The maximum Gasteiger partial charge on any atom is 0.356 e. The number of ether oxygens (including phenoxy) is 2. The smallest absolute Gasteiger partial charge is 0.356 e. The van der Waals surface area contributed by atoms with Gasteiger partial charge >= 0.3 is 11.9 Å². The van der Waals surface area contributed by atoms with E-state index in [1.807, 2.05) is 0 Å². The Labute approximate surface area is 74.8 Å². The minimum atomic E-state index is -0.869. The van der Waals surface area contributed by atoms with Gasteiger partial charge in [-0.05, 0) is 0 Å². The molecule has 0 saturated carbocycles. The topological polar surface area (TPSA) is 102 Å². The average Bonchev–Trinajstić information content (AvgIpc) is 2.14. The van der Waals surface area contributed by atoms with Gasteiger partial charge in [-0.3, -0.25) is 5.41 Å². The number of hydrogen-bond donors (Lipinski definition) is 2. The van der Waals surface area contributed by atoms with E-state index in [1.165, 1.54) is 0 Å². The maximum absolute atomic E-state index is 10.7. The first-order valence-corrected chi connectivity index (χ1v) is 3.25. The molecule has 0 atom stereocenters. The van der Waals surface area contributed by atoms with Crippen molar-refractivity contribution in [1.82, 2.24) is 0 Å². The zero-order valence-electron chi connectivity index (χ0n) is 7.29. The van der Waals surface area contributed by atoms with E-state index in [1.54, 1.807) is 0 Å². The highest BCUT2D eigenvalue weighted by molar-refractivity contribution is 6.40. The molecule has 0 fully saturated rings. The lowest BCUT2D eigenvalue weighted by Crippen LogP contribution is -2.18. The van der Waals surface area contributed by atoms with Gasteiger partial charge in [0.1, 0.15) is 11.4 Å². The molecule has 0 bridgehead atoms. The second-order valence-corrected chi connectivity index (χ2v) is 2.00. The minimum absolute atomic E-state index is 0.321. The lowest BCUT2D eigenvalue weighted by atomic mass is 10.3. The molecular formula is C7H10N2O4. The Kier molecular flexibility index (Phi) is 4.21. The summed E-state index contributed by atoms with van der Waals surface area (Å²) in [7, 11) is 2.27. The number of esters is 2. The first-order chi connectivity index (χ1) is 6.02. The number of nitrogens with two attached hydrogens (primary N) is 1. The van der Waals surface area contributed by atoms with Crippen molar-refractivity contribution in [3.05, 3.63) is 11.8 Å². The molecule has 72 valence electrons. The Bertz CT molecular complexity index is 270. The van der Waals surface area contributed by atoms with Gasteiger partial charge in [0, 0.05) is 6.08 Å². The summed E-state index contributed by atoms with van der Waals surface area (Å²) in [6.45, 7) is 0. The largest absolute Gasteiger partial charge is 0.464 e. The van der Waals surface area contributed by atoms with Crippen LogP contribution < -0.4 is 5.73 Å². The fourth-order valence-corrected chi connectivity index (χ4v) is 0.501. The van der Waals surface area contributed by atoms with E-state index in [4.69, 9.17) is 11.1 Å². The van der Waals surface area contributed by atoms with Crippen molar-refractivity contribution >= 4 is 17.7 Å². The molecule has 0 radical (unpaired) electrons. The molecule has 0 heterocycles. The monoisotopic (exact) mass is 186 g/mol. The Morgan fingerprint density at radius 2 is 1.69 bits per heavy atom. The summed E-state index contributed by atoms with van der Waals surface area (Å²) in [5.41, 5.74) is 4.33. The number of methoxy groups -OCH3 is 2. The van der Waals surface area contributed by atoms with E-state index < -0.39 is 17.7 Å². The Morgan fingerprint density at radius 3 is 2.08 bits per heavy atom. The average molecular weight is 186 g/mol. The van der Waals surface area contributed by atoms with E-state index in [0.717, 1.165) is 20.3 Å². The molecule has 0 aliphatic carbocycles. The SMILES string of the molecule is COC(=O)C(=N)/C=C(\N)C(=O)OC. The fourth-order valence-electron chi connectivity index (χ4n) is 0.501. The standard InChI is InChI=1S/C7H10N2O4/c1-12-6(10)4(8)3-5(9)7(11)13-2/h3,8H,9H2,1-2H3/b5-3-,8-4?. The van der Waals surface area contributed by atoms with Crippen LogP contribution in [-0.4, -0.2) is 31.9 Å². The molecule has 0 aromatic carbocycles. The molecule has 0 aromatic rings. The molecule has 0 spiro atoms. The van der Waals surface area contributed by atoms with Crippen LogP contribution in [0.4, 0.5) is 0 Å². The molecule has 0 aliphatic heterocycles. The number of carbonyl (C=O) groups excluding carboxylic acids is 2. The van der Waals surface area contributed by atoms with Gasteiger partial charge < -0.3 is 15.2 Å². The number of nitrogens with one attached hydrogen (secondary N) is 1. The van der Waals surface area contributed by atoms with Crippen molar-refractivity contribution in [2.24, 2.45) is 5.73 Å². The Balaban J connectivity index is 4.48. The van der Waals surface area contributed by atoms with E-state index >= 15 is 0 Å². The molecule has 0 unspecified atom stereocenters. The zero-order chi connectivity index (χ0) is 10.4. The van der Waals surface area contributed by atoms with Gasteiger partial charge in [-0.25, -0.2) is 9.59 Å². The summed E-state index contributed by atoms with van der Waals surface area (Å²) in [6.07, 6.45) is 0.873. The highest BCUT2D eigenvalue weighted by atomic mass is 16.5. The summed E-state index contributed by atoms with van der Waals surface area (Å²) in [5.74, 6) is -1.67. The zero-order valence-corrected chi connectivity index (χ0v) is 7.29. The third-order valence-corrected chi connectivity index (χ3v) is 1.13. The minimum Gasteiger partial charge on any atom is -0.464 e. The third kappa shape index (κ3) is 3.37. The van der Waals surface area contributed by atoms with Crippen LogP contribution in [0.15, 0.2) is 11.8 Å². The second kappa shape index (κ2) is 4.91. The van der Waals surface area contributed by atoms with Gasteiger partial charge in [0.05, 0.1) is 14.2 Å². The fraction of sp³-hybridized carbons (Fsp3) is 0.286. The molecule has 0 rings (SSSR count). The molecule has 6 heteroatoms. The molecule has 0 saturated heterocycles. The molecular weight excluding hydrogens is 176 g/mol. The first kappa shape index (κ1) is 11.2. The van der Waals surface area contributed by atoms with Crippen LogP contribution in [0.25, 0.3) is 0 Å². The van der Waals surface area contributed by atoms with Crippen molar-refractivity contribution in [2.75, 3.05) is 14.2 Å². The number of rotatable bonds is 3. The molecule has 3 N–H and O–H groups in total. The molecule has 0 amide bonds. The quantitative estimate of drug-likeness (QED) is 0.341. The van der Waals surface area contributed by atoms with Gasteiger partial charge in [-0.2, -0.15) is 0 Å². The predicted octanol–water partition coefficient (Wildman–Crippen LogP) is -0.805. The molecule has 0 aromatic heterocycles. The summed E-state index contributed by atoms with van der Waals surface area (Å²) in [4.78, 5) is 21.4. The van der Waals surface area contributed by atoms with Crippen LogP contribution >= 0.6 is 0 Å². The van der Waals surface area contributed by atoms with Gasteiger partial charge in [0.2, 0.25) is 0 Å². The number of carbonyl (C=O) groups is 2. The summed E-state index contributed by atoms with van der Waals surface area (Å²) in [6, 6.07) is 0. The normalized spacial score (nSPS) is 10.5. The highest BCUT2D eigenvalue weighted by Crippen LogP contribution is 1.90. The third-order valence-electron chi connectivity index (χ3n) is 1.13. The van der Waals surface area contributed by atoms with Crippen molar-refractivity contribution < 1.29 is 19.1 Å². The predicted molar refractivity (Wildman–Crippen MR) is 44.0 cm³/mol. The van der Waals surface area contributed by atoms with Crippen LogP contribution in [0.1, 0.15) is 0 Å². The van der Waals surface area contributed by atoms with Crippen molar-refractivity contribution in [3.8, 4) is 0 Å². The van der Waals surface area contributed by atoms with E-state index in [0.29, 0.717) is 0 Å². The van der Waals surface area contributed by atoms with Crippen LogP contribution in [0.3, 0.4) is 0 Å². The summed E-state index contributed by atoms with van der Waals surface area (Å²) >= 11 is 0. The Morgan fingerprint density at radius 1 is 1.23 bits per heavy atom. The van der Waals surface area contributed by atoms with Gasteiger partial charge in [0.15, 0.2) is 0 Å². The van der Waals surface area contributed by atoms with Crippen LogP contribution in [-0.2, 0) is 19.1 Å². The lowest BCUT2D eigenvalue weighted by molar-refractivity contribution is -0.136. The maximum atomic E-state index is 10.7. The van der Waals surface area contributed by atoms with Crippen LogP contribution in [0, 0.1) is 5.41 Å². The van der Waals surface area contributed by atoms with Gasteiger partial charge in [0.25, 0.3) is 0 Å². The number of hydrogen-bond acceptors (Lipinski definition) is 6. The molecule has 6 nitrogen and oxygen atoms in total. The van der Waals surface area contributed by atoms with Crippen LogP contribution in [0.5, 0.6) is 0 Å².